The second kappa shape index (κ2) is 3.43. The Kier molecular flexibility index (Phi) is 2.50. The van der Waals surface area contributed by atoms with Gasteiger partial charge in [-0.3, -0.25) is 0 Å². The van der Waals surface area contributed by atoms with E-state index in [0.717, 1.165) is 0 Å². The van der Waals surface area contributed by atoms with Gasteiger partial charge in [0.05, 0.1) is 11.4 Å². The first-order valence-electron chi connectivity index (χ1n) is 3.75. The Morgan fingerprint density at radius 3 is 2.46 bits per heavy atom. The number of aromatic nitrogens is 2. The summed E-state index contributed by atoms with van der Waals surface area (Å²) in [4.78, 5) is 19.0. The Bertz CT molecular complexity index is 354. The molecule has 5 nitrogen and oxygen atoms in total. The first kappa shape index (κ1) is 9.50. The van der Waals surface area contributed by atoms with E-state index in [4.69, 9.17) is 5.73 Å². The van der Waals surface area contributed by atoms with Crippen molar-refractivity contribution in [3.63, 3.8) is 0 Å². The van der Waals surface area contributed by atoms with E-state index in [9.17, 15) is 4.79 Å². The van der Waals surface area contributed by atoms with Crippen molar-refractivity contribution in [2.75, 3.05) is 5.73 Å². The second-order valence-electron chi connectivity index (χ2n) is 2.62. The summed E-state index contributed by atoms with van der Waals surface area (Å²) in [6.07, 6.45) is 0. The maximum absolute atomic E-state index is 11.1. The summed E-state index contributed by atoms with van der Waals surface area (Å²) in [5.41, 5.74) is 6.96. The van der Waals surface area contributed by atoms with Gasteiger partial charge in [-0.25, -0.2) is 14.8 Å². The van der Waals surface area contributed by atoms with Gasteiger partial charge in [0.1, 0.15) is 0 Å². The van der Waals surface area contributed by atoms with Crippen molar-refractivity contribution < 1.29 is 9.45 Å². The smallest absolute Gasteiger partial charge is 0.342 e. The Morgan fingerprint density at radius 1 is 1.38 bits per heavy atom. The van der Waals surface area contributed by atoms with Gasteiger partial charge in [-0.2, -0.15) is 0 Å². The van der Waals surface area contributed by atoms with Crippen LogP contribution in [-0.4, -0.2) is 24.0 Å². The highest BCUT2D eigenvalue weighted by atomic mass is 16.5. The quantitative estimate of drug-likeness (QED) is 0.581. The number of nitrogen functional groups attached to an aromatic ring is 1. The first-order chi connectivity index (χ1) is 6.06. The molecule has 0 aromatic carbocycles. The summed E-state index contributed by atoms with van der Waals surface area (Å²) in [5, 5.41) is 0. The van der Waals surface area contributed by atoms with Crippen molar-refractivity contribution >= 4 is 19.8 Å². The third kappa shape index (κ3) is 1.77. The summed E-state index contributed by atoms with van der Waals surface area (Å²) in [5.74, 6) is -0.456. The Morgan fingerprint density at radius 2 is 1.92 bits per heavy atom. The van der Waals surface area contributed by atoms with Gasteiger partial charge in [0.2, 0.25) is 0 Å². The van der Waals surface area contributed by atoms with Gasteiger partial charge in [0.15, 0.2) is 11.5 Å². The van der Waals surface area contributed by atoms with Crippen LogP contribution in [0.2, 0.25) is 0 Å². The number of hydrogen-bond acceptors (Lipinski definition) is 5. The standard InChI is InChI=1S/C7H10BN3O2/c1-3-4(2)11-6(9)5(10-3)7(12)13-8/h8H2,1-2H3,(H2,9,11). The van der Waals surface area contributed by atoms with Crippen LogP contribution in [0.3, 0.4) is 0 Å². The largest absolute Gasteiger partial charge is 0.539 e. The SMILES string of the molecule is BOC(=O)c1nc(C)c(C)nc1N. The van der Waals surface area contributed by atoms with Crippen molar-refractivity contribution in [2.45, 2.75) is 13.8 Å². The Hall–Kier alpha value is -1.59. The second-order valence-corrected chi connectivity index (χ2v) is 2.62. The highest BCUT2D eigenvalue weighted by molar-refractivity contribution is 6.09. The molecule has 1 aromatic rings. The van der Waals surface area contributed by atoms with Crippen molar-refractivity contribution in [2.24, 2.45) is 0 Å². The van der Waals surface area contributed by atoms with Gasteiger partial charge < -0.3 is 10.4 Å². The van der Waals surface area contributed by atoms with Crippen LogP contribution in [0.25, 0.3) is 0 Å². The zero-order valence-electron chi connectivity index (χ0n) is 7.79. The molecule has 2 N–H and O–H groups in total. The lowest BCUT2D eigenvalue weighted by Gasteiger charge is -2.05. The summed E-state index contributed by atoms with van der Waals surface area (Å²) in [6.45, 7) is 3.54. The van der Waals surface area contributed by atoms with Gasteiger partial charge in [-0.05, 0) is 13.8 Å². The van der Waals surface area contributed by atoms with E-state index in [1.54, 1.807) is 13.8 Å². The van der Waals surface area contributed by atoms with Crippen LogP contribution in [-0.2, 0) is 4.65 Å². The molecule has 0 saturated carbocycles. The molecular weight excluding hydrogens is 169 g/mol. The Labute approximate surface area is 76.8 Å². The van der Waals surface area contributed by atoms with E-state index in [2.05, 4.69) is 14.6 Å². The molecule has 0 bridgehead atoms. The highest BCUT2D eigenvalue weighted by Crippen LogP contribution is 2.10. The van der Waals surface area contributed by atoms with Crippen molar-refractivity contribution in [3.8, 4) is 0 Å². The predicted octanol–water partition coefficient (Wildman–Crippen LogP) is -0.619. The molecule has 68 valence electrons. The maximum atomic E-state index is 11.1. The summed E-state index contributed by atoms with van der Waals surface area (Å²) in [7, 11) is 1.28. The van der Waals surface area contributed by atoms with Crippen LogP contribution in [0.15, 0.2) is 0 Å². The number of carbonyl (C=O) groups is 1. The van der Waals surface area contributed by atoms with Crippen LogP contribution in [0.4, 0.5) is 5.82 Å². The third-order valence-electron chi connectivity index (χ3n) is 1.71. The predicted molar refractivity (Wildman–Crippen MR) is 49.9 cm³/mol. The van der Waals surface area contributed by atoms with Crippen molar-refractivity contribution in [1.82, 2.24) is 9.97 Å². The molecule has 0 fully saturated rings. The van der Waals surface area contributed by atoms with Crippen LogP contribution in [0, 0.1) is 13.8 Å². The van der Waals surface area contributed by atoms with Crippen LogP contribution < -0.4 is 5.73 Å². The zero-order chi connectivity index (χ0) is 10.0. The zero-order valence-corrected chi connectivity index (χ0v) is 7.79. The van der Waals surface area contributed by atoms with Crippen LogP contribution in [0.1, 0.15) is 21.9 Å². The molecular formula is C7H10BN3O2. The average Bonchev–Trinajstić information content (AvgIpc) is 2.10. The molecule has 0 aliphatic heterocycles. The molecule has 0 unspecified atom stereocenters. The molecule has 0 radical (unpaired) electrons. The molecule has 0 aliphatic rings. The average molecular weight is 179 g/mol. The number of carbonyl (C=O) groups excluding carboxylic acids is 1. The van der Waals surface area contributed by atoms with E-state index in [-0.39, 0.29) is 11.5 Å². The fourth-order valence-electron chi connectivity index (χ4n) is 0.867. The molecule has 1 rings (SSSR count). The number of aryl methyl sites for hydroxylation is 2. The van der Waals surface area contributed by atoms with Crippen LogP contribution in [0.5, 0.6) is 0 Å². The van der Waals surface area contributed by atoms with E-state index in [1.165, 1.54) is 8.05 Å². The molecule has 6 heteroatoms. The van der Waals surface area contributed by atoms with Gasteiger partial charge in [0, 0.05) is 0 Å². The van der Waals surface area contributed by atoms with E-state index in [1.807, 2.05) is 0 Å². The van der Waals surface area contributed by atoms with Gasteiger partial charge >= 0.3 is 14.0 Å². The van der Waals surface area contributed by atoms with E-state index in [0.29, 0.717) is 11.4 Å². The summed E-state index contributed by atoms with van der Waals surface area (Å²) < 4.78 is 4.49. The first-order valence-corrected chi connectivity index (χ1v) is 3.75. The Balaban J connectivity index is 3.23. The molecule has 0 amide bonds. The highest BCUT2D eigenvalue weighted by Gasteiger charge is 2.13. The molecule has 1 aromatic heterocycles. The molecule has 13 heavy (non-hydrogen) atoms. The fourth-order valence-corrected chi connectivity index (χ4v) is 0.867. The van der Waals surface area contributed by atoms with Gasteiger partial charge in [-0.15, -0.1) is 0 Å². The topological polar surface area (TPSA) is 78.1 Å². The van der Waals surface area contributed by atoms with Crippen molar-refractivity contribution in [3.05, 3.63) is 17.1 Å². The van der Waals surface area contributed by atoms with E-state index >= 15 is 0 Å². The normalized spacial score (nSPS) is 9.69. The molecule has 0 aliphatic carbocycles. The van der Waals surface area contributed by atoms with E-state index < -0.39 is 5.97 Å². The lowest BCUT2D eigenvalue weighted by molar-refractivity contribution is 0.0744. The summed E-state index contributed by atoms with van der Waals surface area (Å²) >= 11 is 0. The summed E-state index contributed by atoms with van der Waals surface area (Å²) in [6, 6.07) is 0. The number of nitrogens with zero attached hydrogens (tertiary/aromatic N) is 2. The number of anilines is 1. The molecule has 0 saturated heterocycles. The number of nitrogens with two attached hydrogens (primary N) is 1. The van der Waals surface area contributed by atoms with Crippen LogP contribution >= 0.6 is 0 Å². The maximum Gasteiger partial charge on any atom is 0.342 e. The minimum Gasteiger partial charge on any atom is -0.539 e. The monoisotopic (exact) mass is 179 g/mol. The fraction of sp³-hybridized carbons (Fsp3) is 0.286. The molecule has 0 spiro atoms. The minimum atomic E-state index is -0.562. The molecule has 0 atom stereocenters. The number of rotatable bonds is 1. The number of hydrogen-bond donors (Lipinski definition) is 1. The third-order valence-corrected chi connectivity index (χ3v) is 1.71. The van der Waals surface area contributed by atoms with Gasteiger partial charge in [-0.1, -0.05) is 0 Å². The lowest BCUT2D eigenvalue weighted by atomic mass is 10.3. The van der Waals surface area contributed by atoms with Crippen molar-refractivity contribution in [1.29, 1.82) is 0 Å². The van der Waals surface area contributed by atoms with Gasteiger partial charge in [0.25, 0.3) is 0 Å². The minimum absolute atomic E-state index is 0.0746. The molecule has 1 heterocycles. The lowest BCUT2D eigenvalue weighted by Crippen LogP contribution is -2.12.